The number of nitrogens with one attached hydrogen (secondary N) is 3. The first-order chi connectivity index (χ1) is 38.0. The standard InChI is InChI=1S/C61H78F3N9O6S/c1-37(2)28-47(65)35-79-52-17-14-45(30-50(52)61(62,63)64)46-18-23-66-53(31-46)69-48-15-12-42(13-16-48)43-21-26-72(27-22-43)55(76)29-40-19-24-71(25-20-40)34-54(75)70-57(60(5,6)7)59(78)73-33-49(74)32-51(73)58(77)68-38(3)41-8-10-44(11-9-41)56-39(4)67-36-80-56/h8-18,23,30-31,36-38,40,43,47,49,51,57,74H,19-22,24-29,32-35,65H2,1-7H3,(H,66,69)(H,68,77)(H,70,75)/t38-,47-,49+,51-,57+/m0/s1. The van der Waals surface area contributed by atoms with Crippen LogP contribution in [0.25, 0.3) is 21.6 Å². The van der Waals surface area contributed by atoms with Crippen molar-refractivity contribution < 1.29 is 42.2 Å². The Morgan fingerprint density at radius 1 is 0.850 bits per heavy atom. The van der Waals surface area contributed by atoms with Crippen molar-refractivity contribution in [2.24, 2.45) is 23.0 Å². The summed E-state index contributed by atoms with van der Waals surface area (Å²) in [5.41, 5.74) is 12.1. The van der Waals surface area contributed by atoms with Crippen LogP contribution < -0.4 is 26.4 Å². The maximum absolute atomic E-state index is 14.3. The van der Waals surface area contributed by atoms with Gasteiger partial charge in [0.15, 0.2) is 0 Å². The Labute approximate surface area is 472 Å². The first-order valence-electron chi connectivity index (χ1n) is 28.0. The molecule has 6 N–H and O–H groups in total. The normalized spacial score (nSPS) is 18.9. The summed E-state index contributed by atoms with van der Waals surface area (Å²) in [5, 5.41) is 20.1. The van der Waals surface area contributed by atoms with Gasteiger partial charge >= 0.3 is 6.18 Å². The quantitative estimate of drug-likeness (QED) is 0.0528. The maximum atomic E-state index is 14.3. The zero-order valence-electron chi connectivity index (χ0n) is 47.0. The Kier molecular flexibility index (Phi) is 19.4. The van der Waals surface area contributed by atoms with E-state index in [0.29, 0.717) is 61.9 Å². The van der Waals surface area contributed by atoms with E-state index in [-0.39, 0.29) is 73.5 Å². The predicted molar refractivity (Wildman–Crippen MR) is 306 cm³/mol. The summed E-state index contributed by atoms with van der Waals surface area (Å²) >= 11 is 1.57. The molecule has 0 saturated carbocycles. The number of anilines is 2. The fourth-order valence-electron chi connectivity index (χ4n) is 11.2. The molecule has 19 heteroatoms. The summed E-state index contributed by atoms with van der Waals surface area (Å²) in [6, 6.07) is 20.8. The highest BCUT2D eigenvalue weighted by Crippen LogP contribution is 2.40. The number of aliphatic hydroxyl groups is 1. The number of hydrogen-bond acceptors (Lipinski definition) is 12. The van der Waals surface area contributed by atoms with Crippen LogP contribution in [0.1, 0.15) is 121 Å². The van der Waals surface area contributed by atoms with E-state index in [9.17, 15) is 37.5 Å². The number of aryl methyl sites for hydroxylation is 1. The van der Waals surface area contributed by atoms with Crippen LogP contribution in [0, 0.1) is 24.2 Å². The van der Waals surface area contributed by atoms with Gasteiger partial charge in [-0.15, -0.1) is 11.3 Å². The van der Waals surface area contributed by atoms with Gasteiger partial charge in [0.05, 0.1) is 40.3 Å². The summed E-state index contributed by atoms with van der Waals surface area (Å²) in [4.78, 5) is 70.6. The number of carbonyl (C=O) groups is 4. The molecule has 2 aromatic heterocycles. The monoisotopic (exact) mass is 1120 g/mol. The average molecular weight is 1120 g/mol. The second kappa shape index (κ2) is 26.0. The fourth-order valence-corrected chi connectivity index (χ4v) is 12.0. The molecular formula is C61H78F3N9O6S. The Balaban J connectivity index is 0.763. The van der Waals surface area contributed by atoms with Crippen LogP contribution in [-0.4, -0.2) is 124 Å². The summed E-state index contributed by atoms with van der Waals surface area (Å²) < 4.78 is 48.1. The topological polar surface area (TPSA) is 195 Å². The minimum Gasteiger partial charge on any atom is -0.491 e. The third-order valence-corrected chi connectivity index (χ3v) is 16.7. The lowest BCUT2D eigenvalue weighted by molar-refractivity contribution is -0.144. The van der Waals surface area contributed by atoms with Crippen LogP contribution in [0.15, 0.2) is 90.6 Å². The van der Waals surface area contributed by atoms with Crippen LogP contribution >= 0.6 is 11.3 Å². The number of benzene rings is 3. The number of halogens is 3. The van der Waals surface area contributed by atoms with Crippen molar-refractivity contribution in [3.63, 3.8) is 0 Å². The zero-order chi connectivity index (χ0) is 57.5. The number of thiazole rings is 1. The summed E-state index contributed by atoms with van der Waals surface area (Å²) in [6.07, 6.45) is 0.427. The molecule has 3 saturated heterocycles. The van der Waals surface area contributed by atoms with Gasteiger partial charge in [-0.2, -0.15) is 13.2 Å². The molecule has 15 nitrogen and oxygen atoms in total. The number of nitrogens with two attached hydrogens (primary N) is 1. The SMILES string of the molecule is Cc1ncsc1-c1ccc([C@H](C)NC(=O)[C@@H]2C[C@@H](O)CN2C(=O)[C@@H](NC(=O)CN2CCC(CC(=O)N3CCC(c4ccc(Nc5cc(-c6ccc(OC[C@@H](N)CC(C)C)c(C(F)(F)F)c6)ccn5)cc4)CC3)CC2)C(C)(C)C)cc1. The van der Waals surface area contributed by atoms with Crippen LogP contribution in [0.4, 0.5) is 24.7 Å². The van der Waals surface area contributed by atoms with E-state index in [0.717, 1.165) is 59.1 Å². The van der Waals surface area contributed by atoms with E-state index in [2.05, 4.69) is 43.0 Å². The van der Waals surface area contributed by atoms with Crippen molar-refractivity contribution in [1.82, 2.24) is 35.3 Å². The van der Waals surface area contributed by atoms with Crippen molar-refractivity contribution in [1.29, 1.82) is 0 Å². The number of carbonyl (C=O) groups excluding carboxylic acids is 4. The molecule has 430 valence electrons. The van der Waals surface area contributed by atoms with Gasteiger partial charge in [-0.1, -0.05) is 77.1 Å². The highest BCUT2D eigenvalue weighted by Gasteiger charge is 2.45. The number of nitrogens with zero attached hydrogens (tertiary/aromatic N) is 5. The van der Waals surface area contributed by atoms with E-state index < -0.39 is 41.2 Å². The lowest BCUT2D eigenvalue weighted by Gasteiger charge is -2.37. The highest BCUT2D eigenvalue weighted by atomic mass is 32.1. The van der Waals surface area contributed by atoms with Gasteiger partial charge in [0.25, 0.3) is 0 Å². The molecule has 5 aromatic rings. The number of aliphatic hydroxyl groups excluding tert-OH is 1. The molecule has 3 aliphatic rings. The van der Waals surface area contributed by atoms with E-state index in [1.54, 1.807) is 35.7 Å². The number of β-amino-alcohol motifs (C(OH)–C–C–N with tert-alkyl or cyclic N) is 1. The molecule has 0 radical (unpaired) electrons. The lowest BCUT2D eigenvalue weighted by Crippen LogP contribution is -2.59. The van der Waals surface area contributed by atoms with Crippen molar-refractivity contribution in [3.05, 3.63) is 113 Å². The number of rotatable bonds is 19. The zero-order valence-corrected chi connectivity index (χ0v) is 47.8. The Hall–Kier alpha value is -6.41. The number of amides is 4. The van der Waals surface area contributed by atoms with Crippen molar-refractivity contribution in [2.75, 3.05) is 51.2 Å². The van der Waals surface area contributed by atoms with E-state index in [1.165, 1.54) is 16.5 Å². The smallest absolute Gasteiger partial charge is 0.419 e. The minimum atomic E-state index is -4.62. The highest BCUT2D eigenvalue weighted by molar-refractivity contribution is 7.13. The van der Waals surface area contributed by atoms with Crippen LogP contribution in [0.2, 0.25) is 0 Å². The number of pyridine rings is 1. The third-order valence-electron chi connectivity index (χ3n) is 15.7. The van der Waals surface area contributed by atoms with Gasteiger partial charge in [0, 0.05) is 50.4 Å². The number of hydrogen-bond donors (Lipinski definition) is 5. The molecule has 8 rings (SSSR count). The first kappa shape index (κ1) is 59.7. The molecule has 0 bridgehead atoms. The van der Waals surface area contributed by atoms with Crippen molar-refractivity contribution >= 4 is 46.5 Å². The molecule has 3 aromatic carbocycles. The summed E-state index contributed by atoms with van der Waals surface area (Å²) in [6.45, 7) is 16.1. The molecule has 3 fully saturated rings. The van der Waals surface area contributed by atoms with Gasteiger partial charge in [-0.25, -0.2) is 9.97 Å². The first-order valence-corrected chi connectivity index (χ1v) is 28.9. The van der Waals surface area contributed by atoms with Crippen molar-refractivity contribution in [3.8, 4) is 27.3 Å². The molecule has 3 aliphatic heterocycles. The number of aromatic nitrogens is 2. The van der Waals surface area contributed by atoms with E-state index in [4.69, 9.17) is 10.5 Å². The Morgan fingerprint density at radius 2 is 1.52 bits per heavy atom. The van der Waals surface area contributed by atoms with Crippen molar-refractivity contribution in [2.45, 2.75) is 136 Å². The van der Waals surface area contributed by atoms with E-state index in [1.807, 2.05) is 95.3 Å². The Bertz CT molecular complexity index is 2910. The summed E-state index contributed by atoms with van der Waals surface area (Å²) in [7, 11) is 0. The molecule has 80 heavy (non-hydrogen) atoms. The van der Waals surface area contributed by atoms with E-state index >= 15 is 0 Å². The van der Waals surface area contributed by atoms with Crippen LogP contribution in [0.5, 0.6) is 5.75 Å². The maximum Gasteiger partial charge on any atom is 0.419 e. The van der Waals surface area contributed by atoms with Crippen LogP contribution in [0.3, 0.4) is 0 Å². The molecular weight excluding hydrogens is 1040 g/mol. The molecule has 0 unspecified atom stereocenters. The van der Waals surface area contributed by atoms with Gasteiger partial charge in [-0.3, -0.25) is 24.1 Å². The predicted octanol–water partition coefficient (Wildman–Crippen LogP) is 9.87. The second-order valence-electron chi connectivity index (χ2n) is 23.5. The molecule has 5 heterocycles. The number of likely N-dealkylation sites (tertiary alicyclic amines) is 3. The lowest BCUT2D eigenvalue weighted by atomic mass is 9.85. The largest absolute Gasteiger partial charge is 0.491 e. The Morgan fingerprint density at radius 3 is 2.16 bits per heavy atom. The van der Waals surface area contributed by atoms with Crippen LogP contribution in [-0.2, 0) is 25.4 Å². The molecule has 0 spiro atoms. The number of ether oxygens (including phenoxy) is 1. The molecule has 0 aliphatic carbocycles. The van der Waals surface area contributed by atoms with Gasteiger partial charge in [-0.05, 0) is 146 Å². The van der Waals surface area contributed by atoms with Gasteiger partial charge < -0.3 is 41.3 Å². The average Bonchev–Trinajstić information content (AvgIpc) is 4.05. The van der Waals surface area contributed by atoms with Gasteiger partial charge in [0.1, 0.15) is 30.3 Å². The number of piperidine rings is 2. The van der Waals surface area contributed by atoms with Gasteiger partial charge in [0.2, 0.25) is 23.6 Å². The minimum absolute atomic E-state index is 0.0142. The second-order valence-corrected chi connectivity index (χ2v) is 24.4. The third kappa shape index (κ3) is 15.5. The molecule has 4 amide bonds. The fraction of sp³-hybridized carbons (Fsp3) is 0.508. The summed E-state index contributed by atoms with van der Waals surface area (Å²) in [5.74, 6) is 0.0699. The molecule has 5 atom stereocenters. The number of alkyl halides is 3.